The Hall–Kier alpha value is -3.56. The Bertz CT molecular complexity index is 1030. The minimum absolute atomic E-state index is 0.189. The minimum Gasteiger partial charge on any atom is -0.497 e. The molecule has 2 aromatic carbocycles. The van der Waals surface area contributed by atoms with Gasteiger partial charge in [0.15, 0.2) is 17.5 Å². The van der Waals surface area contributed by atoms with Crippen LogP contribution in [0.5, 0.6) is 5.75 Å². The molecule has 3 amide bonds. The van der Waals surface area contributed by atoms with Gasteiger partial charge in [-0.15, -0.1) is 0 Å². The Morgan fingerprint density at radius 2 is 1.65 bits per heavy atom. The molecule has 7 nitrogen and oxygen atoms in total. The van der Waals surface area contributed by atoms with Crippen molar-refractivity contribution in [1.29, 1.82) is 0 Å². The van der Waals surface area contributed by atoms with Crippen LogP contribution in [0, 0.1) is 23.4 Å². The Labute approximate surface area is 196 Å². The Morgan fingerprint density at radius 1 is 1.00 bits per heavy atom. The van der Waals surface area contributed by atoms with E-state index in [1.165, 1.54) is 12.0 Å². The molecule has 0 aliphatic heterocycles. The fourth-order valence-electron chi connectivity index (χ4n) is 3.20. The molecule has 1 atom stereocenters. The van der Waals surface area contributed by atoms with Gasteiger partial charge in [-0.3, -0.25) is 14.4 Å². The first kappa shape index (κ1) is 26.7. The number of halogens is 3. The van der Waals surface area contributed by atoms with Crippen LogP contribution >= 0.6 is 0 Å². The number of carbonyl (C=O) groups is 3. The average molecular weight is 479 g/mol. The van der Waals surface area contributed by atoms with Crippen LogP contribution in [-0.2, 0) is 9.59 Å². The second kappa shape index (κ2) is 12.1. The fourth-order valence-corrected chi connectivity index (χ4v) is 3.20. The lowest BCUT2D eigenvalue weighted by molar-refractivity contribution is -0.137. The van der Waals surface area contributed by atoms with Crippen LogP contribution in [-0.4, -0.2) is 48.9 Å². The second-order valence-corrected chi connectivity index (χ2v) is 7.95. The standard InChI is InChI=1S/C24H28F3N3O4/c1-5-12-30(13-19(31)28-18-11-10-17(25)20(26)21(18)27)24(33)22(14(2)3)29-23(32)15-6-8-16(34-4)9-7-15/h6-11,14,22H,5,12-13H2,1-4H3,(H,28,31)(H,29,32). The molecule has 0 spiro atoms. The van der Waals surface area contributed by atoms with Crippen molar-refractivity contribution >= 4 is 23.4 Å². The molecule has 0 bridgehead atoms. The number of benzene rings is 2. The Kier molecular flexibility index (Phi) is 9.47. The van der Waals surface area contributed by atoms with Crippen LogP contribution in [0.1, 0.15) is 37.6 Å². The summed E-state index contributed by atoms with van der Waals surface area (Å²) >= 11 is 0. The van der Waals surface area contributed by atoms with Gasteiger partial charge in [0.2, 0.25) is 11.8 Å². The summed E-state index contributed by atoms with van der Waals surface area (Å²) in [7, 11) is 1.50. The lowest BCUT2D eigenvalue weighted by Gasteiger charge is -2.29. The molecule has 10 heteroatoms. The van der Waals surface area contributed by atoms with Crippen LogP contribution < -0.4 is 15.4 Å². The van der Waals surface area contributed by atoms with Crippen molar-refractivity contribution in [1.82, 2.24) is 10.2 Å². The third kappa shape index (κ3) is 6.72. The van der Waals surface area contributed by atoms with E-state index in [4.69, 9.17) is 4.74 Å². The number of hydrogen-bond acceptors (Lipinski definition) is 4. The molecule has 0 saturated heterocycles. The van der Waals surface area contributed by atoms with Crippen molar-refractivity contribution in [2.24, 2.45) is 5.92 Å². The fraction of sp³-hybridized carbons (Fsp3) is 0.375. The maximum atomic E-state index is 13.9. The zero-order valence-electron chi connectivity index (χ0n) is 19.5. The van der Waals surface area contributed by atoms with Gasteiger partial charge in [0.25, 0.3) is 5.91 Å². The molecular formula is C24H28F3N3O4. The minimum atomic E-state index is -1.71. The SMILES string of the molecule is CCCN(CC(=O)Nc1ccc(F)c(F)c1F)C(=O)C(NC(=O)c1ccc(OC)cc1)C(C)C. The highest BCUT2D eigenvalue weighted by Crippen LogP contribution is 2.20. The Balaban J connectivity index is 2.14. The van der Waals surface area contributed by atoms with Gasteiger partial charge < -0.3 is 20.3 Å². The van der Waals surface area contributed by atoms with Crippen molar-refractivity contribution in [2.75, 3.05) is 25.5 Å². The number of nitrogens with zero attached hydrogens (tertiary/aromatic N) is 1. The molecule has 2 rings (SSSR count). The number of ether oxygens (including phenoxy) is 1. The van der Waals surface area contributed by atoms with Crippen LogP contribution in [0.2, 0.25) is 0 Å². The molecule has 34 heavy (non-hydrogen) atoms. The number of carbonyl (C=O) groups excluding carboxylic acids is 3. The summed E-state index contributed by atoms with van der Waals surface area (Å²) in [5.74, 6) is -6.12. The van der Waals surface area contributed by atoms with Crippen molar-refractivity contribution in [3.63, 3.8) is 0 Å². The lowest BCUT2D eigenvalue weighted by Crippen LogP contribution is -2.53. The van der Waals surface area contributed by atoms with E-state index in [0.717, 1.165) is 6.07 Å². The summed E-state index contributed by atoms with van der Waals surface area (Å²) in [6.07, 6.45) is 0.510. The average Bonchev–Trinajstić information content (AvgIpc) is 2.82. The van der Waals surface area contributed by atoms with E-state index in [0.29, 0.717) is 23.8 Å². The summed E-state index contributed by atoms with van der Waals surface area (Å²) in [4.78, 5) is 39.6. The highest BCUT2D eigenvalue weighted by Gasteiger charge is 2.30. The highest BCUT2D eigenvalue weighted by molar-refractivity contribution is 5.99. The molecule has 0 saturated carbocycles. The maximum absolute atomic E-state index is 13.9. The Morgan fingerprint density at radius 3 is 2.21 bits per heavy atom. The molecule has 184 valence electrons. The number of anilines is 1. The molecule has 0 aliphatic carbocycles. The summed E-state index contributed by atoms with van der Waals surface area (Å²) in [5, 5.41) is 4.85. The predicted molar refractivity (Wildman–Crippen MR) is 121 cm³/mol. The van der Waals surface area contributed by atoms with Crippen molar-refractivity contribution in [3.05, 3.63) is 59.4 Å². The molecule has 2 aromatic rings. The van der Waals surface area contributed by atoms with Crippen LogP contribution in [0.15, 0.2) is 36.4 Å². The van der Waals surface area contributed by atoms with E-state index in [9.17, 15) is 27.6 Å². The third-order valence-corrected chi connectivity index (χ3v) is 5.02. The predicted octanol–water partition coefficient (Wildman–Crippen LogP) is 3.74. The smallest absolute Gasteiger partial charge is 0.251 e. The molecule has 2 N–H and O–H groups in total. The zero-order chi connectivity index (χ0) is 25.4. The monoisotopic (exact) mass is 479 g/mol. The highest BCUT2D eigenvalue weighted by atomic mass is 19.2. The van der Waals surface area contributed by atoms with Crippen LogP contribution in [0.3, 0.4) is 0 Å². The topological polar surface area (TPSA) is 87.7 Å². The molecule has 0 aliphatic rings. The quantitative estimate of drug-likeness (QED) is 0.508. The number of methoxy groups -OCH3 is 1. The first-order chi connectivity index (χ1) is 16.1. The van der Waals surface area contributed by atoms with E-state index in [2.05, 4.69) is 10.6 Å². The van der Waals surface area contributed by atoms with Crippen molar-refractivity contribution in [3.8, 4) is 5.75 Å². The van der Waals surface area contributed by atoms with Crippen molar-refractivity contribution < 1.29 is 32.3 Å². The largest absolute Gasteiger partial charge is 0.497 e. The molecule has 0 radical (unpaired) electrons. The molecule has 0 aromatic heterocycles. The van der Waals surface area contributed by atoms with E-state index in [1.807, 2.05) is 0 Å². The number of hydrogen-bond donors (Lipinski definition) is 2. The molecule has 1 unspecified atom stereocenters. The summed E-state index contributed by atoms with van der Waals surface area (Å²) in [6, 6.07) is 7.00. The number of nitrogens with one attached hydrogen (secondary N) is 2. The summed E-state index contributed by atoms with van der Waals surface area (Å²) in [5.41, 5.74) is -0.214. The van der Waals surface area contributed by atoms with Gasteiger partial charge in [-0.25, -0.2) is 13.2 Å². The first-order valence-corrected chi connectivity index (χ1v) is 10.8. The van der Waals surface area contributed by atoms with Gasteiger partial charge in [0.1, 0.15) is 11.8 Å². The first-order valence-electron chi connectivity index (χ1n) is 10.8. The number of rotatable bonds is 10. The second-order valence-electron chi connectivity index (χ2n) is 7.95. The molecular weight excluding hydrogens is 451 g/mol. The maximum Gasteiger partial charge on any atom is 0.251 e. The van der Waals surface area contributed by atoms with Gasteiger partial charge in [0.05, 0.1) is 19.3 Å². The molecule has 0 heterocycles. The van der Waals surface area contributed by atoms with E-state index in [1.54, 1.807) is 45.0 Å². The summed E-state index contributed by atoms with van der Waals surface area (Å²) < 4.78 is 45.5. The normalized spacial score (nSPS) is 11.6. The third-order valence-electron chi connectivity index (χ3n) is 5.02. The van der Waals surface area contributed by atoms with Crippen LogP contribution in [0.4, 0.5) is 18.9 Å². The summed E-state index contributed by atoms with van der Waals surface area (Å²) in [6.45, 7) is 5.02. The number of amides is 3. The van der Waals surface area contributed by atoms with Gasteiger partial charge in [0, 0.05) is 12.1 Å². The van der Waals surface area contributed by atoms with Gasteiger partial charge in [-0.1, -0.05) is 20.8 Å². The molecule has 0 fully saturated rings. The van der Waals surface area contributed by atoms with Gasteiger partial charge in [-0.2, -0.15) is 0 Å². The van der Waals surface area contributed by atoms with E-state index in [-0.39, 0.29) is 12.5 Å². The van der Waals surface area contributed by atoms with E-state index >= 15 is 0 Å². The van der Waals surface area contributed by atoms with Crippen molar-refractivity contribution in [2.45, 2.75) is 33.2 Å². The van der Waals surface area contributed by atoms with Crippen LogP contribution in [0.25, 0.3) is 0 Å². The zero-order valence-corrected chi connectivity index (χ0v) is 19.5. The lowest BCUT2D eigenvalue weighted by atomic mass is 10.0. The van der Waals surface area contributed by atoms with Gasteiger partial charge >= 0.3 is 0 Å². The van der Waals surface area contributed by atoms with E-state index < -0.39 is 53.4 Å². The van der Waals surface area contributed by atoms with Gasteiger partial charge in [-0.05, 0) is 48.7 Å².